The molecule has 0 aliphatic carbocycles. The largest absolute Gasteiger partial charge is 0.507 e. The summed E-state index contributed by atoms with van der Waals surface area (Å²) < 4.78 is 47.5. The zero-order chi connectivity index (χ0) is 24.5. The molecule has 0 saturated heterocycles. The fourth-order valence-corrected chi connectivity index (χ4v) is 4.13. The lowest BCUT2D eigenvalue weighted by atomic mass is 10.00. The van der Waals surface area contributed by atoms with Crippen molar-refractivity contribution in [2.75, 3.05) is 6.54 Å². The summed E-state index contributed by atoms with van der Waals surface area (Å²) in [6.45, 7) is 3.35. The first-order valence-corrected chi connectivity index (χ1v) is 11.1. The lowest BCUT2D eigenvalue weighted by Gasteiger charge is -2.20. The predicted molar refractivity (Wildman–Crippen MR) is 125 cm³/mol. The van der Waals surface area contributed by atoms with Gasteiger partial charge in [0.15, 0.2) is 5.58 Å². The number of halogens is 4. The zero-order valence-corrected chi connectivity index (χ0v) is 19.0. The van der Waals surface area contributed by atoms with Crippen molar-refractivity contribution in [2.45, 2.75) is 26.2 Å². The Morgan fingerprint density at radius 2 is 1.65 bits per heavy atom. The minimum Gasteiger partial charge on any atom is -0.507 e. The first-order valence-electron chi connectivity index (χ1n) is 10.7. The van der Waals surface area contributed by atoms with Crippen LogP contribution in [-0.2, 0) is 19.3 Å². The van der Waals surface area contributed by atoms with Crippen LogP contribution in [0.2, 0.25) is 5.02 Å². The minimum atomic E-state index is -4.92. The Balaban J connectivity index is 1.89. The van der Waals surface area contributed by atoms with Crippen LogP contribution < -0.4 is 10.3 Å². The van der Waals surface area contributed by atoms with E-state index in [0.29, 0.717) is 18.1 Å². The summed E-state index contributed by atoms with van der Waals surface area (Å²) >= 11 is 5.87. The van der Waals surface area contributed by atoms with Gasteiger partial charge in [0.25, 0.3) is 0 Å². The lowest BCUT2D eigenvalue weighted by Crippen LogP contribution is -3.09. The normalized spacial score (nSPS) is 12.7. The predicted octanol–water partition coefficient (Wildman–Crippen LogP) is 5.44. The number of hydrogen-bond donors (Lipinski definition) is 2. The molecule has 0 aliphatic rings. The van der Waals surface area contributed by atoms with Crippen LogP contribution >= 0.6 is 11.6 Å². The SMILES string of the molecule is CC[NH+](Cc1ccccc1)Cc1c(O)ccc2c(=O)c(-c3ccc(Cl)cc3)c(C(F)(F)F)oc12. The van der Waals surface area contributed by atoms with Crippen LogP contribution in [-0.4, -0.2) is 11.7 Å². The molecule has 0 aliphatic heterocycles. The van der Waals surface area contributed by atoms with E-state index in [-0.39, 0.29) is 34.4 Å². The molecule has 0 fully saturated rings. The first-order chi connectivity index (χ1) is 16.2. The van der Waals surface area contributed by atoms with Crippen molar-refractivity contribution in [1.29, 1.82) is 0 Å². The Morgan fingerprint density at radius 1 is 0.971 bits per heavy atom. The van der Waals surface area contributed by atoms with E-state index < -0.39 is 22.9 Å². The highest BCUT2D eigenvalue weighted by Gasteiger charge is 2.40. The second-order valence-corrected chi connectivity index (χ2v) is 8.46. The Bertz CT molecular complexity index is 1370. The van der Waals surface area contributed by atoms with Gasteiger partial charge in [-0.25, -0.2) is 0 Å². The fourth-order valence-electron chi connectivity index (χ4n) is 4.00. The van der Waals surface area contributed by atoms with Crippen molar-refractivity contribution in [3.8, 4) is 16.9 Å². The quantitative estimate of drug-likeness (QED) is 0.380. The van der Waals surface area contributed by atoms with Gasteiger partial charge in [0.2, 0.25) is 11.2 Å². The van der Waals surface area contributed by atoms with Gasteiger partial charge in [0.05, 0.1) is 23.1 Å². The number of hydrogen-bond acceptors (Lipinski definition) is 3. The summed E-state index contributed by atoms with van der Waals surface area (Å²) in [5.74, 6) is -1.62. The van der Waals surface area contributed by atoms with Crippen LogP contribution in [0.3, 0.4) is 0 Å². The highest BCUT2D eigenvalue weighted by Crippen LogP contribution is 2.39. The van der Waals surface area contributed by atoms with Crippen LogP contribution in [0.5, 0.6) is 5.75 Å². The molecule has 0 radical (unpaired) electrons. The third-order valence-electron chi connectivity index (χ3n) is 5.75. The summed E-state index contributed by atoms with van der Waals surface area (Å²) in [6, 6.07) is 17.8. The molecule has 0 spiro atoms. The maximum atomic E-state index is 14.0. The van der Waals surface area contributed by atoms with Crippen molar-refractivity contribution in [3.05, 3.63) is 98.9 Å². The van der Waals surface area contributed by atoms with E-state index in [4.69, 9.17) is 16.0 Å². The number of alkyl halides is 3. The molecule has 1 aromatic heterocycles. The molecule has 0 amide bonds. The van der Waals surface area contributed by atoms with Gasteiger partial charge in [-0.05, 0) is 36.8 Å². The van der Waals surface area contributed by atoms with Gasteiger partial charge in [-0.3, -0.25) is 4.79 Å². The van der Waals surface area contributed by atoms with E-state index in [1.165, 1.54) is 36.4 Å². The van der Waals surface area contributed by atoms with Crippen LogP contribution in [0.4, 0.5) is 13.2 Å². The van der Waals surface area contributed by atoms with Crippen molar-refractivity contribution in [2.24, 2.45) is 0 Å². The molecule has 0 bridgehead atoms. The van der Waals surface area contributed by atoms with Crippen LogP contribution in [0, 0.1) is 0 Å². The Hall–Kier alpha value is -3.29. The summed E-state index contributed by atoms with van der Waals surface area (Å²) in [5, 5.41) is 10.9. The van der Waals surface area contributed by atoms with Crippen LogP contribution in [0.1, 0.15) is 23.8 Å². The van der Waals surface area contributed by atoms with E-state index in [9.17, 15) is 23.1 Å². The molecule has 2 N–H and O–H groups in total. The summed E-state index contributed by atoms with van der Waals surface area (Å²) in [5.41, 5.74) is -0.409. The molecule has 1 heterocycles. The molecular weight excluding hydrogens is 467 g/mol. The molecule has 176 valence electrons. The summed E-state index contributed by atoms with van der Waals surface area (Å²) in [4.78, 5) is 14.3. The molecule has 4 rings (SSSR count). The third kappa shape index (κ3) is 4.81. The van der Waals surface area contributed by atoms with Gasteiger partial charge in [-0.1, -0.05) is 54.1 Å². The standard InChI is InChI=1S/C26H21ClF3NO3/c1-2-31(14-16-6-4-3-5-7-16)15-20-21(32)13-12-19-23(33)22(17-8-10-18(27)11-9-17)25(26(28,29)30)34-24(19)20/h3-13,32H,2,14-15H2,1H3/p+1. The molecule has 1 unspecified atom stereocenters. The van der Waals surface area contributed by atoms with E-state index in [2.05, 4.69) is 0 Å². The highest BCUT2D eigenvalue weighted by atomic mass is 35.5. The average Bonchev–Trinajstić information content (AvgIpc) is 2.81. The van der Waals surface area contributed by atoms with Gasteiger partial charge in [0.1, 0.15) is 18.8 Å². The summed E-state index contributed by atoms with van der Waals surface area (Å²) in [7, 11) is 0. The molecule has 4 nitrogen and oxygen atoms in total. The molecule has 8 heteroatoms. The highest BCUT2D eigenvalue weighted by molar-refractivity contribution is 6.30. The smallest absolute Gasteiger partial charge is 0.450 e. The van der Waals surface area contributed by atoms with Gasteiger partial charge < -0.3 is 14.4 Å². The van der Waals surface area contributed by atoms with Gasteiger partial charge in [-0.15, -0.1) is 0 Å². The van der Waals surface area contributed by atoms with E-state index in [1.54, 1.807) is 0 Å². The first kappa shape index (κ1) is 23.9. The third-order valence-corrected chi connectivity index (χ3v) is 6.00. The number of quaternary nitrogens is 1. The molecule has 0 saturated carbocycles. The number of phenols is 1. The molecule has 4 aromatic rings. The van der Waals surface area contributed by atoms with Gasteiger partial charge in [0, 0.05) is 10.6 Å². The molecule has 34 heavy (non-hydrogen) atoms. The molecule has 1 atom stereocenters. The van der Waals surface area contributed by atoms with E-state index in [1.807, 2.05) is 37.3 Å². The van der Waals surface area contributed by atoms with Gasteiger partial charge in [-0.2, -0.15) is 13.2 Å². The summed E-state index contributed by atoms with van der Waals surface area (Å²) in [6.07, 6.45) is -4.92. The number of rotatable bonds is 6. The lowest BCUT2D eigenvalue weighted by molar-refractivity contribution is -0.925. The fraction of sp³-hybridized carbons (Fsp3) is 0.192. The second kappa shape index (κ2) is 9.52. The Morgan fingerprint density at radius 3 is 2.26 bits per heavy atom. The molecule has 3 aromatic carbocycles. The average molecular weight is 489 g/mol. The number of fused-ring (bicyclic) bond motifs is 1. The van der Waals surface area contributed by atoms with E-state index >= 15 is 0 Å². The van der Waals surface area contributed by atoms with Crippen molar-refractivity contribution < 1.29 is 27.6 Å². The number of benzene rings is 3. The maximum Gasteiger partial charge on any atom is 0.450 e. The van der Waals surface area contributed by atoms with E-state index in [0.717, 1.165) is 10.5 Å². The topological polar surface area (TPSA) is 54.9 Å². The van der Waals surface area contributed by atoms with Gasteiger partial charge >= 0.3 is 6.18 Å². The monoisotopic (exact) mass is 488 g/mol. The second-order valence-electron chi connectivity index (χ2n) is 8.02. The zero-order valence-electron chi connectivity index (χ0n) is 18.2. The Labute approximate surface area is 198 Å². The van der Waals surface area contributed by atoms with Crippen molar-refractivity contribution in [3.63, 3.8) is 0 Å². The maximum absolute atomic E-state index is 14.0. The Kier molecular flexibility index (Phi) is 6.68. The number of nitrogens with one attached hydrogen (secondary N) is 1. The van der Waals surface area contributed by atoms with Crippen molar-refractivity contribution >= 4 is 22.6 Å². The van der Waals surface area contributed by atoms with Crippen molar-refractivity contribution in [1.82, 2.24) is 0 Å². The molecular formula is C26H22ClF3NO3+. The van der Waals surface area contributed by atoms with Crippen LogP contribution in [0.15, 0.2) is 75.9 Å². The number of aromatic hydroxyl groups is 1. The number of phenolic OH excluding ortho intramolecular Hbond substituents is 1. The minimum absolute atomic E-state index is 0.0269. The van der Waals surface area contributed by atoms with Crippen LogP contribution in [0.25, 0.3) is 22.1 Å².